The van der Waals surface area contributed by atoms with Crippen LogP contribution in [0.25, 0.3) is 0 Å². The minimum absolute atomic E-state index is 0.303. The molecule has 0 bridgehead atoms. The maximum Gasteiger partial charge on any atom is 0.119 e. The van der Waals surface area contributed by atoms with Crippen molar-refractivity contribution in [3.63, 3.8) is 0 Å². The summed E-state index contributed by atoms with van der Waals surface area (Å²) in [7, 11) is 0. The molecular weight excluding hydrogens is 411 g/mol. The van der Waals surface area contributed by atoms with Gasteiger partial charge < -0.3 is 19.5 Å². The van der Waals surface area contributed by atoms with E-state index in [-0.39, 0.29) is 0 Å². The summed E-state index contributed by atoms with van der Waals surface area (Å²) in [5, 5.41) is 11.7. The number of hydrogen-bond acceptors (Lipinski definition) is 5. The molecule has 0 unspecified atom stereocenters. The van der Waals surface area contributed by atoms with Gasteiger partial charge >= 0.3 is 0 Å². The molecule has 0 aromatic heterocycles. The van der Waals surface area contributed by atoms with Crippen molar-refractivity contribution in [1.29, 1.82) is 0 Å². The fraction of sp³-hybridized carbons (Fsp3) is 0.455. The van der Waals surface area contributed by atoms with E-state index in [1.54, 1.807) is 12.1 Å². The van der Waals surface area contributed by atoms with Crippen LogP contribution in [0.3, 0.4) is 0 Å². The van der Waals surface area contributed by atoms with E-state index in [4.69, 9.17) is 32.7 Å². The SMILES string of the molecule is Cc1ccc(Cl)cc1N1CCN(C[C@@H](O)COCCOc2ccc(Cl)cc2)CC1. The van der Waals surface area contributed by atoms with E-state index in [1.165, 1.54) is 11.3 Å². The van der Waals surface area contributed by atoms with Crippen LogP contribution in [0.1, 0.15) is 5.56 Å². The van der Waals surface area contributed by atoms with Gasteiger partial charge in [0.25, 0.3) is 0 Å². The monoisotopic (exact) mass is 438 g/mol. The predicted molar refractivity (Wildman–Crippen MR) is 119 cm³/mol. The number of halogens is 2. The van der Waals surface area contributed by atoms with Crippen LogP contribution in [-0.2, 0) is 4.74 Å². The topological polar surface area (TPSA) is 45.2 Å². The van der Waals surface area contributed by atoms with Gasteiger partial charge in [-0.05, 0) is 48.9 Å². The van der Waals surface area contributed by atoms with Gasteiger partial charge in [0.15, 0.2) is 0 Å². The normalized spacial score (nSPS) is 16.1. The Balaban J connectivity index is 1.31. The van der Waals surface area contributed by atoms with Crippen molar-refractivity contribution in [2.45, 2.75) is 13.0 Å². The van der Waals surface area contributed by atoms with Gasteiger partial charge in [-0.2, -0.15) is 0 Å². The maximum atomic E-state index is 10.3. The highest BCUT2D eigenvalue weighted by Gasteiger charge is 2.20. The van der Waals surface area contributed by atoms with Crippen molar-refractivity contribution >= 4 is 28.9 Å². The second-order valence-corrected chi connectivity index (χ2v) is 8.12. The van der Waals surface area contributed by atoms with Crippen LogP contribution in [0.15, 0.2) is 42.5 Å². The molecular formula is C22H28Cl2N2O3. The number of aliphatic hydroxyl groups is 1. The van der Waals surface area contributed by atoms with Crippen LogP contribution in [0.4, 0.5) is 5.69 Å². The minimum atomic E-state index is -0.509. The third kappa shape index (κ3) is 7.05. The number of piperazine rings is 1. The first-order valence-corrected chi connectivity index (χ1v) is 10.6. The van der Waals surface area contributed by atoms with Crippen molar-refractivity contribution in [2.24, 2.45) is 0 Å². The smallest absolute Gasteiger partial charge is 0.119 e. The second kappa shape index (κ2) is 11.0. The Bertz CT molecular complexity index is 765. The molecule has 1 fully saturated rings. The number of aryl methyl sites for hydroxylation is 1. The lowest BCUT2D eigenvalue weighted by Crippen LogP contribution is -2.49. The third-order valence-electron chi connectivity index (χ3n) is 4.97. The molecule has 2 aromatic carbocycles. The number of aliphatic hydroxyl groups excluding tert-OH is 1. The van der Waals surface area contributed by atoms with Gasteiger partial charge in [0.05, 0.1) is 19.3 Å². The van der Waals surface area contributed by atoms with Gasteiger partial charge in [-0.1, -0.05) is 29.3 Å². The Kier molecular flexibility index (Phi) is 8.45. The van der Waals surface area contributed by atoms with Crippen molar-refractivity contribution in [3.8, 4) is 5.75 Å². The predicted octanol–water partition coefficient (Wildman–Crippen LogP) is 3.88. The lowest BCUT2D eigenvalue weighted by molar-refractivity contribution is 0.00718. The quantitative estimate of drug-likeness (QED) is 0.601. The standard InChI is InChI=1S/C22H28Cl2N2O3/c1-17-2-3-19(24)14-22(17)26-10-8-25(9-11-26)15-20(27)16-28-12-13-29-21-6-4-18(23)5-7-21/h2-7,14,20,27H,8-13,15-16H2,1H3/t20-/m1/s1. The molecule has 0 saturated carbocycles. The van der Waals surface area contributed by atoms with Gasteiger partial charge in [0.1, 0.15) is 12.4 Å². The van der Waals surface area contributed by atoms with E-state index >= 15 is 0 Å². The largest absolute Gasteiger partial charge is 0.491 e. The van der Waals surface area contributed by atoms with Crippen LogP contribution >= 0.6 is 23.2 Å². The molecule has 3 rings (SSSR count). The zero-order valence-electron chi connectivity index (χ0n) is 16.7. The molecule has 1 aliphatic heterocycles. The summed E-state index contributed by atoms with van der Waals surface area (Å²) in [4.78, 5) is 4.63. The number of β-amino-alcohol motifs (C(OH)–C–C–N with tert-alkyl or cyclic N) is 1. The first-order valence-electron chi connectivity index (χ1n) is 9.89. The first-order chi connectivity index (χ1) is 14.0. The van der Waals surface area contributed by atoms with Gasteiger partial charge in [0.2, 0.25) is 0 Å². The molecule has 0 spiro atoms. The summed E-state index contributed by atoms with van der Waals surface area (Å²) in [6.45, 7) is 7.54. The summed E-state index contributed by atoms with van der Waals surface area (Å²) in [6, 6.07) is 13.2. The van der Waals surface area contributed by atoms with Crippen LogP contribution in [0.5, 0.6) is 5.75 Å². The van der Waals surface area contributed by atoms with E-state index < -0.39 is 6.10 Å². The maximum absolute atomic E-state index is 10.3. The van der Waals surface area contributed by atoms with Crippen molar-refractivity contribution < 1.29 is 14.6 Å². The Labute approximate surface area is 182 Å². The van der Waals surface area contributed by atoms with Gasteiger partial charge in [-0.15, -0.1) is 0 Å². The second-order valence-electron chi connectivity index (χ2n) is 7.25. The highest BCUT2D eigenvalue weighted by molar-refractivity contribution is 6.31. The fourth-order valence-corrected chi connectivity index (χ4v) is 3.71. The van der Waals surface area contributed by atoms with Crippen molar-refractivity contribution in [1.82, 2.24) is 4.90 Å². The summed E-state index contributed by atoms with van der Waals surface area (Å²) in [5.74, 6) is 0.756. The summed E-state index contributed by atoms with van der Waals surface area (Å²) < 4.78 is 11.1. The lowest BCUT2D eigenvalue weighted by Gasteiger charge is -2.37. The number of ether oxygens (including phenoxy) is 2. The van der Waals surface area contributed by atoms with Crippen LogP contribution < -0.4 is 9.64 Å². The Morgan fingerprint density at radius 3 is 2.38 bits per heavy atom. The van der Waals surface area contributed by atoms with Gasteiger partial charge in [-0.25, -0.2) is 0 Å². The molecule has 1 aliphatic rings. The molecule has 0 radical (unpaired) electrons. The number of benzene rings is 2. The Morgan fingerprint density at radius 1 is 0.966 bits per heavy atom. The molecule has 1 atom stereocenters. The Morgan fingerprint density at radius 2 is 1.66 bits per heavy atom. The average molecular weight is 439 g/mol. The molecule has 29 heavy (non-hydrogen) atoms. The molecule has 0 aliphatic carbocycles. The number of hydrogen-bond donors (Lipinski definition) is 1. The third-order valence-corrected chi connectivity index (χ3v) is 5.46. The van der Waals surface area contributed by atoms with E-state index in [1.807, 2.05) is 24.3 Å². The average Bonchev–Trinajstić information content (AvgIpc) is 2.71. The lowest BCUT2D eigenvalue weighted by atomic mass is 10.1. The molecule has 0 amide bonds. The number of rotatable bonds is 9. The van der Waals surface area contributed by atoms with Crippen molar-refractivity contribution in [3.05, 3.63) is 58.1 Å². The number of anilines is 1. The zero-order chi connectivity index (χ0) is 20.6. The molecule has 7 heteroatoms. The summed E-state index contributed by atoms with van der Waals surface area (Å²) in [5.41, 5.74) is 2.43. The summed E-state index contributed by atoms with van der Waals surface area (Å²) in [6.07, 6.45) is -0.509. The zero-order valence-corrected chi connectivity index (χ0v) is 18.2. The van der Waals surface area contributed by atoms with Gasteiger partial charge in [-0.3, -0.25) is 4.90 Å². The van der Waals surface area contributed by atoms with Crippen LogP contribution in [0, 0.1) is 6.92 Å². The van der Waals surface area contributed by atoms with E-state index in [0.717, 1.165) is 37.0 Å². The summed E-state index contributed by atoms with van der Waals surface area (Å²) >= 11 is 12.0. The molecule has 2 aromatic rings. The highest BCUT2D eigenvalue weighted by Crippen LogP contribution is 2.25. The highest BCUT2D eigenvalue weighted by atomic mass is 35.5. The molecule has 5 nitrogen and oxygen atoms in total. The van der Waals surface area contributed by atoms with E-state index in [0.29, 0.717) is 31.4 Å². The molecule has 1 heterocycles. The van der Waals surface area contributed by atoms with Crippen LogP contribution in [0.2, 0.25) is 10.0 Å². The van der Waals surface area contributed by atoms with E-state index in [9.17, 15) is 5.11 Å². The van der Waals surface area contributed by atoms with E-state index in [2.05, 4.69) is 22.8 Å². The number of nitrogens with zero attached hydrogens (tertiary/aromatic N) is 2. The van der Waals surface area contributed by atoms with Crippen LogP contribution in [-0.4, -0.2) is 68.7 Å². The Hall–Kier alpha value is -1.50. The fourth-order valence-electron chi connectivity index (χ4n) is 3.41. The first kappa shape index (κ1) is 22.2. The minimum Gasteiger partial charge on any atom is -0.491 e. The van der Waals surface area contributed by atoms with Gasteiger partial charge in [0, 0.05) is 48.5 Å². The molecule has 1 saturated heterocycles. The molecule has 1 N–H and O–H groups in total. The van der Waals surface area contributed by atoms with Crippen molar-refractivity contribution in [2.75, 3.05) is 57.4 Å². The molecule has 158 valence electrons.